The summed E-state index contributed by atoms with van der Waals surface area (Å²) in [6.45, 7) is 1.93. The lowest BCUT2D eigenvalue weighted by molar-refractivity contribution is -0.161. The highest BCUT2D eigenvalue weighted by atomic mass is 32.2. The lowest BCUT2D eigenvalue weighted by Gasteiger charge is -2.12. The van der Waals surface area contributed by atoms with Gasteiger partial charge in [-0.05, 0) is 25.5 Å². The topological polar surface area (TPSA) is 69.7 Å². The smallest absolute Gasteiger partial charge is 0.324 e. The minimum absolute atomic E-state index is 0.187. The molecule has 2 atom stereocenters. The minimum atomic E-state index is -1.45. The fourth-order valence-corrected chi connectivity index (χ4v) is 3.91. The van der Waals surface area contributed by atoms with Crippen molar-refractivity contribution in [2.75, 3.05) is 14.2 Å². The molecule has 0 saturated heterocycles. The predicted molar refractivity (Wildman–Crippen MR) is 72.5 cm³/mol. The molecule has 20 heavy (non-hydrogen) atoms. The van der Waals surface area contributed by atoms with Crippen molar-refractivity contribution in [2.24, 2.45) is 5.41 Å². The maximum Gasteiger partial charge on any atom is 0.324 e. The lowest BCUT2D eigenvalue weighted by Crippen LogP contribution is -2.32. The Kier molecular flexibility index (Phi) is 3.94. The van der Waals surface area contributed by atoms with Crippen molar-refractivity contribution in [1.29, 1.82) is 0 Å². The zero-order valence-corrected chi connectivity index (χ0v) is 12.4. The Balaban J connectivity index is 2.26. The summed E-state index contributed by atoms with van der Waals surface area (Å²) in [5.41, 5.74) is -0.368. The first-order valence-corrected chi connectivity index (χ1v) is 7.32. The molecule has 1 saturated carbocycles. The van der Waals surface area contributed by atoms with Crippen molar-refractivity contribution in [1.82, 2.24) is 0 Å². The Labute approximate surface area is 119 Å². The second kappa shape index (κ2) is 5.36. The van der Waals surface area contributed by atoms with E-state index >= 15 is 0 Å². The highest BCUT2D eigenvalue weighted by molar-refractivity contribution is 7.86. The SMILES string of the molecule is COC(=O)C1(C(=O)OC)C[C@@H]1S(=O)c1ccc(C)cc1. The number of carbonyl (C=O) groups excluding carboxylic acids is 2. The van der Waals surface area contributed by atoms with E-state index in [0.717, 1.165) is 5.56 Å². The molecule has 1 unspecified atom stereocenters. The molecule has 1 aliphatic rings. The van der Waals surface area contributed by atoms with Crippen LogP contribution in [0, 0.1) is 12.3 Å². The highest BCUT2D eigenvalue weighted by Gasteiger charge is 2.70. The molecule has 0 spiro atoms. The molecule has 5 nitrogen and oxygen atoms in total. The number of ether oxygens (including phenoxy) is 2. The van der Waals surface area contributed by atoms with Gasteiger partial charge in [0.2, 0.25) is 0 Å². The number of hydrogen-bond donors (Lipinski definition) is 0. The van der Waals surface area contributed by atoms with Crippen molar-refractivity contribution >= 4 is 22.7 Å². The lowest BCUT2D eigenvalue weighted by atomic mass is 10.1. The zero-order chi connectivity index (χ0) is 14.9. The van der Waals surface area contributed by atoms with Gasteiger partial charge in [-0.2, -0.15) is 0 Å². The Hall–Kier alpha value is -1.69. The van der Waals surface area contributed by atoms with E-state index in [2.05, 4.69) is 9.47 Å². The summed E-state index contributed by atoms with van der Waals surface area (Å²) < 4.78 is 21.8. The number of carbonyl (C=O) groups is 2. The van der Waals surface area contributed by atoms with E-state index in [9.17, 15) is 13.8 Å². The maximum absolute atomic E-state index is 12.5. The molecule has 0 heterocycles. The third kappa shape index (κ3) is 2.24. The monoisotopic (exact) mass is 296 g/mol. The molecular weight excluding hydrogens is 280 g/mol. The van der Waals surface area contributed by atoms with Gasteiger partial charge < -0.3 is 9.47 Å². The Bertz CT molecular complexity index is 547. The Morgan fingerprint density at radius 3 is 2.10 bits per heavy atom. The average molecular weight is 296 g/mol. The third-order valence-electron chi connectivity index (χ3n) is 3.51. The van der Waals surface area contributed by atoms with Gasteiger partial charge in [-0.1, -0.05) is 17.7 Å². The number of aryl methyl sites for hydroxylation is 1. The molecule has 108 valence electrons. The fraction of sp³-hybridized carbons (Fsp3) is 0.429. The van der Waals surface area contributed by atoms with Crippen LogP contribution in [0.4, 0.5) is 0 Å². The molecule has 0 bridgehead atoms. The van der Waals surface area contributed by atoms with E-state index < -0.39 is 33.4 Å². The summed E-state index contributed by atoms with van der Waals surface area (Å²) in [4.78, 5) is 24.3. The molecule has 1 aliphatic carbocycles. The normalized spacial score (nSPS) is 20.9. The zero-order valence-electron chi connectivity index (χ0n) is 11.5. The number of esters is 2. The first-order valence-electron chi connectivity index (χ1n) is 6.11. The summed E-state index contributed by atoms with van der Waals surface area (Å²) in [5, 5.41) is -0.592. The summed E-state index contributed by atoms with van der Waals surface area (Å²) in [6.07, 6.45) is 0.187. The molecule has 0 aromatic heterocycles. The van der Waals surface area contributed by atoms with Crippen LogP contribution in [0.1, 0.15) is 12.0 Å². The van der Waals surface area contributed by atoms with Gasteiger partial charge in [0.15, 0.2) is 5.41 Å². The molecule has 1 fully saturated rings. The average Bonchev–Trinajstić information content (AvgIpc) is 3.22. The Morgan fingerprint density at radius 2 is 1.65 bits per heavy atom. The summed E-state index contributed by atoms with van der Waals surface area (Å²) in [6, 6.07) is 7.16. The summed E-state index contributed by atoms with van der Waals surface area (Å²) >= 11 is 0. The van der Waals surface area contributed by atoms with Gasteiger partial charge in [0.05, 0.1) is 30.3 Å². The quantitative estimate of drug-likeness (QED) is 0.617. The van der Waals surface area contributed by atoms with E-state index in [0.29, 0.717) is 4.90 Å². The van der Waals surface area contributed by atoms with Crippen molar-refractivity contribution in [3.05, 3.63) is 29.8 Å². The van der Waals surface area contributed by atoms with Crippen LogP contribution in [-0.2, 0) is 29.9 Å². The summed E-state index contributed by atoms with van der Waals surface area (Å²) in [5.74, 6) is -1.37. The van der Waals surface area contributed by atoms with Gasteiger partial charge >= 0.3 is 11.9 Å². The van der Waals surface area contributed by atoms with Crippen LogP contribution >= 0.6 is 0 Å². The van der Waals surface area contributed by atoms with Crippen LogP contribution < -0.4 is 0 Å². The van der Waals surface area contributed by atoms with Crippen LogP contribution in [0.5, 0.6) is 0 Å². The van der Waals surface area contributed by atoms with Crippen molar-refractivity contribution in [3.8, 4) is 0 Å². The standard InChI is InChI=1S/C14H16O5S/c1-9-4-6-10(7-5-9)20(17)11-8-14(11,12(15)18-2)13(16)19-3/h4-7,11H,8H2,1-3H3/t11-,20?/m0/s1. The van der Waals surface area contributed by atoms with E-state index in [1.54, 1.807) is 12.1 Å². The van der Waals surface area contributed by atoms with Crippen LogP contribution in [0.2, 0.25) is 0 Å². The van der Waals surface area contributed by atoms with Crippen LogP contribution in [0.25, 0.3) is 0 Å². The maximum atomic E-state index is 12.5. The van der Waals surface area contributed by atoms with E-state index in [1.165, 1.54) is 14.2 Å². The third-order valence-corrected chi connectivity index (χ3v) is 5.33. The van der Waals surface area contributed by atoms with E-state index in [-0.39, 0.29) is 6.42 Å². The minimum Gasteiger partial charge on any atom is -0.468 e. The number of benzene rings is 1. The Morgan fingerprint density at radius 1 is 1.15 bits per heavy atom. The van der Waals surface area contributed by atoms with Gasteiger partial charge in [-0.25, -0.2) is 0 Å². The molecule has 1 aromatic rings. The first-order chi connectivity index (χ1) is 9.47. The van der Waals surface area contributed by atoms with Crippen LogP contribution in [0.15, 0.2) is 29.2 Å². The molecule has 0 radical (unpaired) electrons. The molecule has 6 heteroatoms. The molecule has 0 amide bonds. The second-order valence-corrected chi connectivity index (χ2v) is 6.39. The second-order valence-electron chi connectivity index (χ2n) is 4.76. The van der Waals surface area contributed by atoms with Crippen LogP contribution in [-0.4, -0.2) is 35.6 Å². The van der Waals surface area contributed by atoms with E-state index in [1.807, 2.05) is 19.1 Å². The molecule has 0 aliphatic heterocycles. The van der Waals surface area contributed by atoms with Gasteiger partial charge in [-0.15, -0.1) is 0 Å². The van der Waals surface area contributed by atoms with Gasteiger partial charge in [-0.3, -0.25) is 13.8 Å². The van der Waals surface area contributed by atoms with Gasteiger partial charge in [0.1, 0.15) is 0 Å². The van der Waals surface area contributed by atoms with Gasteiger partial charge in [0.25, 0.3) is 0 Å². The van der Waals surface area contributed by atoms with Gasteiger partial charge in [0, 0.05) is 4.90 Å². The molecule has 1 aromatic carbocycles. The van der Waals surface area contributed by atoms with E-state index in [4.69, 9.17) is 0 Å². The number of methoxy groups -OCH3 is 2. The fourth-order valence-electron chi connectivity index (χ4n) is 2.21. The molecular formula is C14H16O5S. The predicted octanol–water partition coefficient (Wildman–Crippen LogP) is 1.21. The van der Waals surface area contributed by atoms with Crippen molar-refractivity contribution < 1.29 is 23.3 Å². The number of rotatable bonds is 4. The van der Waals surface area contributed by atoms with Crippen LogP contribution in [0.3, 0.4) is 0 Å². The molecule has 2 rings (SSSR count). The van der Waals surface area contributed by atoms with Crippen molar-refractivity contribution in [2.45, 2.75) is 23.5 Å². The largest absolute Gasteiger partial charge is 0.468 e. The van der Waals surface area contributed by atoms with Crippen molar-refractivity contribution in [3.63, 3.8) is 0 Å². The first kappa shape index (κ1) is 14.7. The highest BCUT2D eigenvalue weighted by Crippen LogP contribution is 2.52. The number of hydrogen-bond acceptors (Lipinski definition) is 5. The summed E-state index contributed by atoms with van der Waals surface area (Å²) in [7, 11) is 0.963. The molecule has 0 N–H and O–H groups in total.